The average Bonchev–Trinajstić information content (AvgIpc) is 2.67. The molecule has 0 heterocycles. The first-order valence-corrected chi connectivity index (χ1v) is 5.71. The molecule has 0 nitrogen and oxygen atoms in total. The molecule has 0 bridgehead atoms. The third kappa shape index (κ3) is 1.59. The van der Waals surface area contributed by atoms with Gasteiger partial charge in [-0.2, -0.15) is 0 Å². The summed E-state index contributed by atoms with van der Waals surface area (Å²) in [5, 5.41) is 0. The quantitative estimate of drug-likeness (QED) is 0.564. The summed E-state index contributed by atoms with van der Waals surface area (Å²) in [7, 11) is 0. The summed E-state index contributed by atoms with van der Waals surface area (Å²) in [5.41, 5.74) is 5.06. The maximum Gasteiger partial charge on any atom is 0.00103 e. The van der Waals surface area contributed by atoms with Crippen molar-refractivity contribution in [1.82, 2.24) is 0 Å². The summed E-state index contributed by atoms with van der Waals surface area (Å²) in [6.07, 6.45) is 9.47. The fourth-order valence-electron chi connectivity index (χ4n) is 2.87. The Morgan fingerprint density at radius 1 is 1.46 bits per heavy atom. The van der Waals surface area contributed by atoms with Crippen LogP contribution in [0.1, 0.15) is 51.9 Å². The molecule has 0 aromatic heterocycles. The predicted octanol–water partition coefficient (Wildman–Crippen LogP) is 4.23. The van der Waals surface area contributed by atoms with E-state index in [2.05, 4.69) is 13.5 Å². The van der Waals surface area contributed by atoms with Gasteiger partial charge < -0.3 is 0 Å². The number of hydrogen-bond acceptors (Lipinski definition) is 0. The lowest BCUT2D eigenvalue weighted by molar-refractivity contribution is 0.729. The number of allylic oxidation sites excluding steroid dienone is 3. The molecule has 0 heteroatoms. The predicted molar refractivity (Wildman–Crippen MR) is 57.6 cm³/mol. The van der Waals surface area contributed by atoms with E-state index >= 15 is 0 Å². The first-order valence-electron chi connectivity index (χ1n) is 5.71. The van der Waals surface area contributed by atoms with Crippen LogP contribution in [0, 0.1) is 5.92 Å². The molecule has 1 atom stereocenters. The molecule has 0 aromatic carbocycles. The minimum Gasteiger partial charge on any atom is -0.0989 e. The van der Waals surface area contributed by atoms with Gasteiger partial charge in [0.15, 0.2) is 0 Å². The summed E-state index contributed by atoms with van der Waals surface area (Å²) >= 11 is 0. The SMILES string of the molecule is C=C1CC(CCCC)=C2CCCC12. The summed E-state index contributed by atoms with van der Waals surface area (Å²) in [6.45, 7) is 6.49. The van der Waals surface area contributed by atoms with E-state index in [4.69, 9.17) is 0 Å². The van der Waals surface area contributed by atoms with E-state index in [9.17, 15) is 0 Å². The first kappa shape index (κ1) is 9.05. The van der Waals surface area contributed by atoms with Crippen LogP contribution in [-0.2, 0) is 0 Å². The molecule has 2 aliphatic rings. The van der Waals surface area contributed by atoms with Gasteiger partial charge in [0.2, 0.25) is 0 Å². The Kier molecular flexibility index (Phi) is 2.57. The lowest BCUT2D eigenvalue weighted by Crippen LogP contribution is -1.91. The highest BCUT2D eigenvalue weighted by molar-refractivity contribution is 5.38. The Morgan fingerprint density at radius 3 is 3.08 bits per heavy atom. The van der Waals surface area contributed by atoms with Crippen LogP contribution in [0.25, 0.3) is 0 Å². The van der Waals surface area contributed by atoms with E-state index in [0.29, 0.717) is 0 Å². The Morgan fingerprint density at radius 2 is 2.31 bits per heavy atom. The molecule has 0 saturated heterocycles. The molecule has 0 amide bonds. The van der Waals surface area contributed by atoms with Gasteiger partial charge in [-0.05, 0) is 38.5 Å². The van der Waals surface area contributed by atoms with Gasteiger partial charge in [0, 0.05) is 5.92 Å². The van der Waals surface area contributed by atoms with Crippen molar-refractivity contribution in [3.63, 3.8) is 0 Å². The topological polar surface area (TPSA) is 0 Å². The standard InChI is InChI=1S/C13H20/c1-3-4-6-11-9-10(2)12-7-5-8-13(11)12/h12H,2-9H2,1H3. The van der Waals surface area contributed by atoms with Crippen LogP contribution in [0.15, 0.2) is 23.3 Å². The van der Waals surface area contributed by atoms with Crippen molar-refractivity contribution >= 4 is 0 Å². The molecule has 0 radical (unpaired) electrons. The molecule has 72 valence electrons. The average molecular weight is 176 g/mol. The summed E-state index contributed by atoms with van der Waals surface area (Å²) in [5.74, 6) is 0.812. The van der Waals surface area contributed by atoms with Crippen molar-refractivity contribution in [2.45, 2.75) is 51.9 Å². The monoisotopic (exact) mass is 176 g/mol. The minimum absolute atomic E-state index is 0.812. The normalized spacial score (nSPS) is 27.2. The second-order valence-electron chi connectivity index (χ2n) is 4.51. The largest absolute Gasteiger partial charge is 0.0989 e. The zero-order valence-electron chi connectivity index (χ0n) is 8.73. The molecule has 0 spiro atoms. The zero-order valence-corrected chi connectivity index (χ0v) is 8.73. The number of unbranched alkanes of at least 4 members (excludes halogenated alkanes) is 1. The Hall–Kier alpha value is -0.520. The maximum absolute atomic E-state index is 4.21. The van der Waals surface area contributed by atoms with Crippen molar-refractivity contribution < 1.29 is 0 Å². The van der Waals surface area contributed by atoms with Crippen LogP contribution in [0.5, 0.6) is 0 Å². The van der Waals surface area contributed by atoms with Gasteiger partial charge in [-0.3, -0.25) is 0 Å². The highest BCUT2D eigenvalue weighted by Crippen LogP contribution is 2.47. The molecule has 0 aliphatic heterocycles. The van der Waals surface area contributed by atoms with E-state index in [1.54, 1.807) is 11.1 Å². The van der Waals surface area contributed by atoms with Gasteiger partial charge in [0.1, 0.15) is 0 Å². The van der Waals surface area contributed by atoms with E-state index in [0.717, 1.165) is 5.92 Å². The molecule has 2 rings (SSSR count). The van der Waals surface area contributed by atoms with Gasteiger partial charge in [-0.15, -0.1) is 0 Å². The maximum atomic E-state index is 4.21. The van der Waals surface area contributed by atoms with Crippen LogP contribution in [0.4, 0.5) is 0 Å². The highest BCUT2D eigenvalue weighted by Gasteiger charge is 2.31. The Balaban J connectivity index is 2.08. The molecule has 0 N–H and O–H groups in total. The van der Waals surface area contributed by atoms with Crippen molar-refractivity contribution in [2.75, 3.05) is 0 Å². The van der Waals surface area contributed by atoms with Gasteiger partial charge in [0.05, 0.1) is 0 Å². The lowest BCUT2D eigenvalue weighted by atomic mass is 10.0. The molecule has 1 unspecified atom stereocenters. The summed E-state index contributed by atoms with van der Waals surface area (Å²) < 4.78 is 0. The van der Waals surface area contributed by atoms with Gasteiger partial charge in [0.25, 0.3) is 0 Å². The van der Waals surface area contributed by atoms with E-state index in [1.807, 2.05) is 0 Å². The Bertz CT molecular complexity index is 245. The molecule has 1 saturated carbocycles. The van der Waals surface area contributed by atoms with Crippen molar-refractivity contribution in [1.29, 1.82) is 0 Å². The highest BCUT2D eigenvalue weighted by atomic mass is 14.4. The Labute approximate surface area is 81.7 Å². The fraction of sp³-hybridized carbons (Fsp3) is 0.692. The van der Waals surface area contributed by atoms with Crippen LogP contribution in [0.3, 0.4) is 0 Å². The first-order chi connectivity index (χ1) is 6.33. The number of fused-ring (bicyclic) bond motifs is 1. The second-order valence-corrected chi connectivity index (χ2v) is 4.51. The second kappa shape index (κ2) is 3.69. The van der Waals surface area contributed by atoms with Crippen molar-refractivity contribution in [3.8, 4) is 0 Å². The molecule has 2 aliphatic carbocycles. The third-order valence-electron chi connectivity index (χ3n) is 3.58. The smallest absolute Gasteiger partial charge is 0.00103 e. The van der Waals surface area contributed by atoms with E-state index < -0.39 is 0 Å². The van der Waals surface area contributed by atoms with Crippen LogP contribution < -0.4 is 0 Å². The zero-order chi connectivity index (χ0) is 9.26. The summed E-state index contributed by atoms with van der Waals surface area (Å²) in [6, 6.07) is 0. The van der Waals surface area contributed by atoms with Gasteiger partial charge in [-0.1, -0.05) is 36.6 Å². The molecule has 1 fully saturated rings. The van der Waals surface area contributed by atoms with Crippen molar-refractivity contribution in [2.24, 2.45) is 5.92 Å². The third-order valence-corrected chi connectivity index (χ3v) is 3.58. The van der Waals surface area contributed by atoms with Crippen molar-refractivity contribution in [3.05, 3.63) is 23.3 Å². The minimum atomic E-state index is 0.812. The van der Waals surface area contributed by atoms with Gasteiger partial charge in [-0.25, -0.2) is 0 Å². The number of hydrogen-bond donors (Lipinski definition) is 0. The molecule has 0 aromatic rings. The molecular weight excluding hydrogens is 156 g/mol. The van der Waals surface area contributed by atoms with E-state index in [-0.39, 0.29) is 0 Å². The summed E-state index contributed by atoms with van der Waals surface area (Å²) in [4.78, 5) is 0. The fourth-order valence-corrected chi connectivity index (χ4v) is 2.87. The molecule has 13 heavy (non-hydrogen) atoms. The van der Waals surface area contributed by atoms with E-state index in [1.165, 1.54) is 50.5 Å². The van der Waals surface area contributed by atoms with Crippen LogP contribution >= 0.6 is 0 Å². The van der Waals surface area contributed by atoms with Crippen LogP contribution in [0.2, 0.25) is 0 Å². The van der Waals surface area contributed by atoms with Gasteiger partial charge >= 0.3 is 0 Å². The lowest BCUT2D eigenvalue weighted by Gasteiger charge is -2.04. The number of rotatable bonds is 3. The van der Waals surface area contributed by atoms with Crippen LogP contribution in [-0.4, -0.2) is 0 Å². The molecular formula is C13H20.